The standard InChI is InChI=1S/C14H23N3O3/c1-19-9-10-20-8-3-2-7-16-14(18)17-13-6-4-5-12(15)11-13/h4-6,11H,2-3,7-10,15H2,1H3,(H2,16,17,18). The Morgan fingerprint density at radius 1 is 1.25 bits per heavy atom. The number of rotatable bonds is 9. The van der Waals surface area contributed by atoms with Crippen molar-refractivity contribution < 1.29 is 14.3 Å². The Hall–Kier alpha value is -1.79. The Morgan fingerprint density at radius 3 is 2.85 bits per heavy atom. The van der Waals surface area contributed by atoms with Crippen molar-refractivity contribution in [2.24, 2.45) is 0 Å². The Bertz CT molecular complexity index is 399. The summed E-state index contributed by atoms with van der Waals surface area (Å²) < 4.78 is 10.2. The topological polar surface area (TPSA) is 85.6 Å². The third-order valence-electron chi connectivity index (χ3n) is 2.58. The van der Waals surface area contributed by atoms with Crippen LogP contribution in [0.1, 0.15) is 12.8 Å². The molecule has 0 saturated carbocycles. The normalized spacial score (nSPS) is 10.2. The first-order valence-corrected chi connectivity index (χ1v) is 6.69. The van der Waals surface area contributed by atoms with Crippen LogP contribution in [0, 0.1) is 0 Å². The van der Waals surface area contributed by atoms with Gasteiger partial charge in [0, 0.05) is 31.6 Å². The van der Waals surface area contributed by atoms with Crippen molar-refractivity contribution in [3.63, 3.8) is 0 Å². The van der Waals surface area contributed by atoms with Gasteiger partial charge in [0.25, 0.3) is 0 Å². The van der Waals surface area contributed by atoms with Gasteiger partial charge in [0.05, 0.1) is 13.2 Å². The van der Waals surface area contributed by atoms with Crippen molar-refractivity contribution in [2.75, 3.05) is 44.5 Å². The summed E-state index contributed by atoms with van der Waals surface area (Å²) in [7, 11) is 1.65. The predicted octanol–water partition coefficient (Wildman–Crippen LogP) is 1.83. The first-order chi connectivity index (χ1) is 9.72. The molecule has 20 heavy (non-hydrogen) atoms. The Morgan fingerprint density at radius 2 is 2.10 bits per heavy atom. The van der Waals surface area contributed by atoms with Gasteiger partial charge in [-0.15, -0.1) is 0 Å². The van der Waals surface area contributed by atoms with Crippen molar-refractivity contribution in [2.45, 2.75) is 12.8 Å². The van der Waals surface area contributed by atoms with E-state index in [1.807, 2.05) is 0 Å². The van der Waals surface area contributed by atoms with Gasteiger partial charge in [-0.2, -0.15) is 0 Å². The quantitative estimate of drug-likeness (QED) is 0.476. The number of carbonyl (C=O) groups excluding carboxylic acids is 1. The summed E-state index contributed by atoms with van der Waals surface area (Å²) in [5.41, 5.74) is 6.94. The van der Waals surface area contributed by atoms with Gasteiger partial charge >= 0.3 is 6.03 Å². The van der Waals surface area contributed by atoms with Gasteiger partial charge in [-0.25, -0.2) is 4.79 Å². The van der Waals surface area contributed by atoms with Crippen molar-refractivity contribution >= 4 is 17.4 Å². The maximum atomic E-state index is 11.6. The predicted molar refractivity (Wildman–Crippen MR) is 79.8 cm³/mol. The number of unbranched alkanes of at least 4 members (excludes halogenated alkanes) is 1. The zero-order valence-electron chi connectivity index (χ0n) is 11.9. The van der Waals surface area contributed by atoms with Crippen molar-refractivity contribution in [3.05, 3.63) is 24.3 Å². The minimum absolute atomic E-state index is 0.226. The third kappa shape index (κ3) is 7.60. The van der Waals surface area contributed by atoms with Crippen LogP contribution in [0.3, 0.4) is 0 Å². The number of ether oxygens (including phenoxy) is 2. The molecule has 0 heterocycles. The molecule has 1 aromatic rings. The molecule has 0 radical (unpaired) electrons. The highest BCUT2D eigenvalue weighted by Crippen LogP contribution is 2.11. The van der Waals surface area contributed by atoms with E-state index >= 15 is 0 Å². The number of benzene rings is 1. The fraction of sp³-hybridized carbons (Fsp3) is 0.500. The molecule has 0 aliphatic heterocycles. The lowest BCUT2D eigenvalue weighted by Crippen LogP contribution is -2.29. The molecule has 0 saturated heterocycles. The molecule has 0 unspecified atom stereocenters. The van der Waals surface area contributed by atoms with Crippen molar-refractivity contribution in [1.82, 2.24) is 5.32 Å². The SMILES string of the molecule is COCCOCCCCNC(=O)Nc1cccc(N)c1. The van der Waals surface area contributed by atoms with E-state index in [-0.39, 0.29) is 6.03 Å². The largest absolute Gasteiger partial charge is 0.399 e. The van der Waals surface area contributed by atoms with Crippen LogP contribution in [0.15, 0.2) is 24.3 Å². The minimum Gasteiger partial charge on any atom is -0.399 e. The molecule has 2 amide bonds. The highest BCUT2D eigenvalue weighted by Gasteiger charge is 2.00. The summed E-state index contributed by atoms with van der Waals surface area (Å²) in [6.07, 6.45) is 1.78. The number of carbonyl (C=O) groups is 1. The van der Waals surface area contributed by atoms with E-state index < -0.39 is 0 Å². The Labute approximate surface area is 119 Å². The highest BCUT2D eigenvalue weighted by atomic mass is 16.5. The number of nitrogens with two attached hydrogens (primary N) is 1. The maximum absolute atomic E-state index is 11.6. The number of amides is 2. The molecule has 4 N–H and O–H groups in total. The summed E-state index contributed by atoms with van der Waals surface area (Å²) >= 11 is 0. The van der Waals surface area contributed by atoms with E-state index in [4.69, 9.17) is 15.2 Å². The smallest absolute Gasteiger partial charge is 0.319 e. The second-order valence-corrected chi connectivity index (χ2v) is 4.32. The number of anilines is 2. The highest BCUT2D eigenvalue weighted by molar-refractivity contribution is 5.89. The van der Waals surface area contributed by atoms with Gasteiger partial charge in [0.15, 0.2) is 0 Å². The summed E-state index contributed by atoms with van der Waals surface area (Å²) in [5.74, 6) is 0. The summed E-state index contributed by atoms with van der Waals surface area (Å²) in [6.45, 7) is 2.52. The lowest BCUT2D eigenvalue weighted by Gasteiger charge is -2.08. The van der Waals surface area contributed by atoms with E-state index in [2.05, 4.69) is 10.6 Å². The van der Waals surface area contributed by atoms with Gasteiger partial charge in [-0.3, -0.25) is 0 Å². The Kier molecular flexibility index (Phi) is 8.17. The molecule has 0 atom stereocenters. The van der Waals surface area contributed by atoms with E-state index in [9.17, 15) is 4.79 Å². The van der Waals surface area contributed by atoms with Crippen LogP contribution >= 0.6 is 0 Å². The van der Waals surface area contributed by atoms with Crippen LogP contribution in [0.4, 0.5) is 16.2 Å². The molecule has 6 nitrogen and oxygen atoms in total. The second-order valence-electron chi connectivity index (χ2n) is 4.32. The average Bonchev–Trinajstić information content (AvgIpc) is 2.42. The molecule has 6 heteroatoms. The molecule has 0 aliphatic carbocycles. The summed E-state index contributed by atoms with van der Waals surface area (Å²) in [6, 6.07) is 6.84. The van der Waals surface area contributed by atoms with Gasteiger partial charge < -0.3 is 25.8 Å². The number of nitrogens with one attached hydrogen (secondary N) is 2. The van der Waals surface area contributed by atoms with Crippen LogP contribution < -0.4 is 16.4 Å². The van der Waals surface area contributed by atoms with E-state index in [1.54, 1.807) is 31.4 Å². The lowest BCUT2D eigenvalue weighted by molar-refractivity contribution is 0.0689. The minimum atomic E-state index is -0.226. The first-order valence-electron chi connectivity index (χ1n) is 6.69. The molecule has 0 aromatic heterocycles. The molecular formula is C14H23N3O3. The number of hydrogen-bond donors (Lipinski definition) is 3. The zero-order valence-corrected chi connectivity index (χ0v) is 11.9. The average molecular weight is 281 g/mol. The van der Waals surface area contributed by atoms with Gasteiger partial charge in [0.1, 0.15) is 0 Å². The van der Waals surface area contributed by atoms with Crippen molar-refractivity contribution in [3.8, 4) is 0 Å². The second kappa shape index (κ2) is 10.1. The van der Waals surface area contributed by atoms with Crippen LogP contribution in [0.2, 0.25) is 0 Å². The number of hydrogen-bond acceptors (Lipinski definition) is 4. The molecule has 0 bridgehead atoms. The molecule has 1 rings (SSSR count). The molecular weight excluding hydrogens is 258 g/mol. The van der Waals surface area contributed by atoms with Crippen LogP contribution in [-0.4, -0.2) is 39.5 Å². The number of nitrogen functional groups attached to an aromatic ring is 1. The van der Waals surface area contributed by atoms with Gasteiger partial charge in [-0.1, -0.05) is 6.07 Å². The fourth-order valence-electron chi connectivity index (χ4n) is 1.57. The molecule has 0 fully saturated rings. The van der Waals surface area contributed by atoms with Crippen LogP contribution in [0.25, 0.3) is 0 Å². The molecule has 0 spiro atoms. The molecule has 1 aromatic carbocycles. The Balaban J connectivity index is 2.03. The first kappa shape index (κ1) is 16.3. The number of methoxy groups -OCH3 is 1. The summed E-state index contributed by atoms with van der Waals surface area (Å²) in [4.78, 5) is 11.6. The third-order valence-corrected chi connectivity index (χ3v) is 2.58. The molecule has 0 aliphatic rings. The van der Waals surface area contributed by atoms with Crippen LogP contribution in [0.5, 0.6) is 0 Å². The van der Waals surface area contributed by atoms with Gasteiger partial charge in [0.2, 0.25) is 0 Å². The maximum Gasteiger partial charge on any atom is 0.319 e. The molecule has 112 valence electrons. The van der Waals surface area contributed by atoms with Crippen molar-refractivity contribution in [1.29, 1.82) is 0 Å². The monoisotopic (exact) mass is 281 g/mol. The van der Waals surface area contributed by atoms with Crippen LogP contribution in [-0.2, 0) is 9.47 Å². The van der Waals surface area contributed by atoms with E-state index in [1.165, 1.54) is 0 Å². The fourth-order valence-corrected chi connectivity index (χ4v) is 1.57. The lowest BCUT2D eigenvalue weighted by atomic mass is 10.3. The van der Waals surface area contributed by atoms with E-state index in [0.29, 0.717) is 37.7 Å². The summed E-state index contributed by atoms with van der Waals surface area (Å²) in [5, 5.41) is 5.51. The number of urea groups is 1. The van der Waals surface area contributed by atoms with E-state index in [0.717, 1.165) is 12.8 Å². The van der Waals surface area contributed by atoms with Gasteiger partial charge in [-0.05, 0) is 31.0 Å². The zero-order chi connectivity index (χ0) is 14.6.